The molecular formula is C22H28N2O6S. The molecule has 0 unspecified atom stereocenters. The number of carbonyl (C=O) groups excluding carboxylic acids is 1. The highest BCUT2D eigenvalue weighted by molar-refractivity contribution is 8.00. The first kappa shape index (κ1) is 23.4. The van der Waals surface area contributed by atoms with Gasteiger partial charge in [-0.3, -0.25) is 0 Å². The molecule has 1 aliphatic rings. The molecule has 2 aromatic rings. The molecule has 0 saturated carbocycles. The fraction of sp³-hybridized carbons (Fsp3) is 0.409. The molecule has 1 saturated heterocycles. The number of benzene rings is 2. The Bertz CT molecular complexity index is 921. The number of thioether (sulfide) groups is 1. The Kier molecular flexibility index (Phi) is 7.45. The van der Waals surface area contributed by atoms with E-state index >= 15 is 0 Å². The second kappa shape index (κ2) is 9.88. The van der Waals surface area contributed by atoms with E-state index < -0.39 is 35.0 Å². The largest absolute Gasteiger partial charge is 0.477 e. The highest BCUT2D eigenvalue weighted by atomic mass is 32.2. The summed E-state index contributed by atoms with van der Waals surface area (Å²) in [6, 6.07) is 10.5. The lowest BCUT2D eigenvalue weighted by Gasteiger charge is -2.39. The van der Waals surface area contributed by atoms with Crippen molar-refractivity contribution < 1.29 is 30.0 Å². The standard InChI is InChI=1S/C22H28N2O6S/c1-11-7-12(2)15(9-13-3-5-14(6-4-13)24-22(23)29)16(8-11)30-21-20(28)19(27)18(26)17(10-25)31-21/h3-8,17-21,25-28H,9-10H2,1-2H3,(H3,23,24,29)/t17-,18-,19+,20-,21-/m1/s1. The summed E-state index contributed by atoms with van der Waals surface area (Å²) in [5.74, 6) is 0.564. The van der Waals surface area contributed by atoms with E-state index in [9.17, 15) is 25.2 Å². The zero-order valence-corrected chi connectivity index (χ0v) is 18.2. The Morgan fingerprint density at radius 1 is 1.10 bits per heavy atom. The zero-order valence-electron chi connectivity index (χ0n) is 17.4. The number of nitrogens with one attached hydrogen (secondary N) is 1. The molecule has 1 aliphatic heterocycles. The molecule has 0 radical (unpaired) electrons. The molecule has 168 valence electrons. The van der Waals surface area contributed by atoms with Gasteiger partial charge >= 0.3 is 6.03 Å². The topological polar surface area (TPSA) is 145 Å². The van der Waals surface area contributed by atoms with Gasteiger partial charge in [-0.25, -0.2) is 4.79 Å². The minimum Gasteiger partial charge on any atom is -0.477 e. The van der Waals surface area contributed by atoms with E-state index in [1.54, 1.807) is 12.1 Å². The van der Waals surface area contributed by atoms with Crippen LogP contribution >= 0.6 is 11.8 Å². The fourth-order valence-electron chi connectivity index (χ4n) is 3.63. The monoisotopic (exact) mass is 448 g/mol. The first-order chi connectivity index (χ1) is 14.7. The molecular weight excluding hydrogens is 420 g/mol. The Morgan fingerprint density at radius 3 is 2.39 bits per heavy atom. The number of anilines is 1. The van der Waals surface area contributed by atoms with E-state index in [0.717, 1.165) is 34.0 Å². The van der Waals surface area contributed by atoms with Crippen LogP contribution in [0.25, 0.3) is 0 Å². The normalized spacial score (nSPS) is 25.8. The predicted molar refractivity (Wildman–Crippen MR) is 119 cm³/mol. The van der Waals surface area contributed by atoms with Crippen LogP contribution in [0.4, 0.5) is 10.5 Å². The minimum absolute atomic E-state index is 0.346. The maximum atomic E-state index is 11.0. The molecule has 2 amide bonds. The maximum Gasteiger partial charge on any atom is 0.316 e. The molecule has 1 fully saturated rings. The molecule has 0 aliphatic carbocycles. The number of aliphatic hydroxyl groups excluding tert-OH is 4. The number of aryl methyl sites for hydroxylation is 2. The smallest absolute Gasteiger partial charge is 0.316 e. The van der Waals surface area contributed by atoms with E-state index in [2.05, 4.69) is 5.32 Å². The van der Waals surface area contributed by atoms with E-state index in [1.165, 1.54) is 0 Å². The van der Waals surface area contributed by atoms with Crippen LogP contribution in [0.1, 0.15) is 22.3 Å². The lowest BCUT2D eigenvalue weighted by atomic mass is 9.97. The Hall–Kier alpha value is -2.30. The van der Waals surface area contributed by atoms with Crippen LogP contribution < -0.4 is 15.8 Å². The van der Waals surface area contributed by atoms with Gasteiger partial charge in [-0.2, -0.15) is 0 Å². The molecule has 3 rings (SSSR count). The molecule has 7 N–H and O–H groups in total. The first-order valence-electron chi connectivity index (χ1n) is 9.92. The van der Waals surface area contributed by atoms with Gasteiger partial charge in [0.05, 0.1) is 18.0 Å². The zero-order chi connectivity index (χ0) is 22.7. The number of urea groups is 1. The Morgan fingerprint density at radius 2 is 1.77 bits per heavy atom. The third-order valence-electron chi connectivity index (χ3n) is 5.27. The second-order valence-electron chi connectivity index (χ2n) is 7.74. The number of primary amides is 1. The molecule has 5 atom stereocenters. The van der Waals surface area contributed by atoms with Crippen molar-refractivity contribution in [2.75, 3.05) is 11.9 Å². The molecule has 31 heavy (non-hydrogen) atoms. The summed E-state index contributed by atoms with van der Waals surface area (Å²) in [5.41, 5.74) is 8.76. The van der Waals surface area contributed by atoms with Gasteiger partial charge in [-0.15, -0.1) is 11.8 Å². The Labute approximate surface area is 185 Å². The molecule has 0 spiro atoms. The van der Waals surface area contributed by atoms with E-state index in [1.807, 2.05) is 38.1 Å². The lowest BCUT2D eigenvalue weighted by molar-refractivity contribution is -0.0910. The van der Waals surface area contributed by atoms with Gasteiger partial charge in [-0.1, -0.05) is 18.2 Å². The van der Waals surface area contributed by atoms with Crippen molar-refractivity contribution in [1.29, 1.82) is 0 Å². The van der Waals surface area contributed by atoms with Crippen LogP contribution in [0.5, 0.6) is 5.75 Å². The number of rotatable bonds is 6. The molecule has 0 bridgehead atoms. The van der Waals surface area contributed by atoms with E-state index in [-0.39, 0.29) is 6.61 Å². The van der Waals surface area contributed by atoms with Crippen molar-refractivity contribution in [3.05, 3.63) is 58.7 Å². The second-order valence-corrected chi connectivity index (χ2v) is 9.08. The quantitative estimate of drug-likeness (QED) is 0.390. The van der Waals surface area contributed by atoms with Crippen molar-refractivity contribution in [2.24, 2.45) is 5.73 Å². The number of hydrogen-bond donors (Lipinski definition) is 6. The number of aliphatic hydroxyl groups is 4. The summed E-state index contributed by atoms with van der Waals surface area (Å²) in [7, 11) is 0. The predicted octanol–water partition coefficient (Wildman–Crippen LogP) is 1.28. The van der Waals surface area contributed by atoms with Gasteiger partial charge in [0.2, 0.25) is 0 Å². The van der Waals surface area contributed by atoms with Gasteiger partial charge in [-0.05, 0) is 48.7 Å². The maximum absolute atomic E-state index is 11.0. The molecule has 9 heteroatoms. The van der Waals surface area contributed by atoms with Crippen molar-refractivity contribution in [1.82, 2.24) is 0 Å². The van der Waals surface area contributed by atoms with Crippen LogP contribution in [0.3, 0.4) is 0 Å². The number of nitrogens with two attached hydrogens (primary N) is 1. The molecule has 0 aromatic heterocycles. The van der Waals surface area contributed by atoms with Crippen LogP contribution in [0.2, 0.25) is 0 Å². The van der Waals surface area contributed by atoms with Gasteiger partial charge < -0.3 is 36.2 Å². The van der Waals surface area contributed by atoms with Crippen molar-refractivity contribution in [2.45, 2.75) is 49.3 Å². The highest BCUT2D eigenvalue weighted by Crippen LogP contribution is 2.36. The number of ether oxygens (including phenoxy) is 1. The summed E-state index contributed by atoms with van der Waals surface area (Å²) in [4.78, 5) is 11.0. The van der Waals surface area contributed by atoms with Crippen LogP contribution in [0, 0.1) is 13.8 Å². The first-order valence-corrected chi connectivity index (χ1v) is 10.9. The molecule has 1 heterocycles. The van der Waals surface area contributed by atoms with E-state index in [4.69, 9.17) is 10.5 Å². The van der Waals surface area contributed by atoms with Gasteiger partial charge in [0.15, 0.2) is 5.44 Å². The summed E-state index contributed by atoms with van der Waals surface area (Å²) < 4.78 is 6.12. The number of amides is 2. The number of hydrogen-bond acceptors (Lipinski definition) is 7. The third-order valence-corrected chi connectivity index (χ3v) is 6.69. The SMILES string of the molecule is Cc1cc(C)c(Cc2ccc(NC(N)=O)cc2)c(O[C@@H]2S[C@H](CO)[C@@H](O)[C@H](O)[C@H]2O)c1. The van der Waals surface area contributed by atoms with Crippen molar-refractivity contribution in [3.8, 4) is 5.75 Å². The van der Waals surface area contributed by atoms with E-state index in [0.29, 0.717) is 17.9 Å². The summed E-state index contributed by atoms with van der Waals surface area (Å²) in [5, 5.41) is 42.0. The lowest BCUT2D eigenvalue weighted by Crippen LogP contribution is -2.55. The minimum atomic E-state index is -1.41. The van der Waals surface area contributed by atoms with Crippen molar-refractivity contribution >= 4 is 23.5 Å². The molecule has 8 nitrogen and oxygen atoms in total. The van der Waals surface area contributed by atoms with Crippen LogP contribution in [-0.4, -0.2) is 62.1 Å². The summed E-state index contributed by atoms with van der Waals surface area (Å²) in [6.07, 6.45) is -3.42. The summed E-state index contributed by atoms with van der Waals surface area (Å²) >= 11 is 1.10. The molecule has 2 aromatic carbocycles. The van der Waals surface area contributed by atoms with Crippen LogP contribution in [-0.2, 0) is 6.42 Å². The fourth-order valence-corrected chi connectivity index (χ4v) is 4.87. The van der Waals surface area contributed by atoms with Crippen LogP contribution in [0.15, 0.2) is 36.4 Å². The van der Waals surface area contributed by atoms with Gasteiger partial charge in [0.25, 0.3) is 0 Å². The van der Waals surface area contributed by atoms with Gasteiger partial charge in [0, 0.05) is 17.7 Å². The highest BCUT2D eigenvalue weighted by Gasteiger charge is 2.44. The average molecular weight is 449 g/mol. The Balaban J connectivity index is 1.85. The average Bonchev–Trinajstić information content (AvgIpc) is 2.71. The third kappa shape index (κ3) is 5.50. The number of carbonyl (C=O) groups is 1. The van der Waals surface area contributed by atoms with Gasteiger partial charge in [0.1, 0.15) is 18.0 Å². The van der Waals surface area contributed by atoms with Crippen molar-refractivity contribution in [3.63, 3.8) is 0 Å². The summed E-state index contributed by atoms with van der Waals surface area (Å²) in [6.45, 7) is 3.56.